The van der Waals surface area contributed by atoms with Gasteiger partial charge >= 0.3 is 0 Å². The monoisotopic (exact) mass is 416 g/mol. The predicted molar refractivity (Wildman–Crippen MR) is 115 cm³/mol. The maximum absolute atomic E-state index is 12.8. The number of piperazine rings is 2. The maximum atomic E-state index is 12.8. The van der Waals surface area contributed by atoms with Gasteiger partial charge in [-0.05, 0) is 18.2 Å². The molecule has 0 unspecified atom stereocenters. The molecule has 1 amide bonds. The Hall–Kier alpha value is -2.09. The van der Waals surface area contributed by atoms with Gasteiger partial charge in [-0.2, -0.15) is 0 Å². The van der Waals surface area contributed by atoms with Crippen LogP contribution in [0, 0.1) is 0 Å². The van der Waals surface area contributed by atoms with E-state index in [0.29, 0.717) is 6.54 Å². The van der Waals surface area contributed by atoms with Crippen molar-refractivity contribution in [3.05, 3.63) is 47.5 Å². The molecule has 8 heteroatoms. The van der Waals surface area contributed by atoms with Crippen molar-refractivity contribution in [2.24, 2.45) is 7.05 Å². The Morgan fingerprint density at radius 2 is 1.76 bits per heavy atom. The zero-order valence-electron chi connectivity index (χ0n) is 17.0. The average Bonchev–Trinajstić information content (AvgIpc) is 3.14. The molecule has 0 atom stereocenters. The Labute approximate surface area is 177 Å². The van der Waals surface area contributed by atoms with Gasteiger partial charge in [-0.1, -0.05) is 17.7 Å². The summed E-state index contributed by atoms with van der Waals surface area (Å²) in [7, 11) is 2.03. The number of hydrogen-bond donors (Lipinski definition) is 0. The number of carbonyl (C=O) groups is 1. The number of aromatic nitrogens is 2. The molecule has 7 nitrogen and oxygen atoms in total. The molecule has 3 heterocycles. The van der Waals surface area contributed by atoms with Crippen LogP contribution < -0.4 is 4.90 Å². The standard InChI is InChI=1S/C21H29ClN6O/c1-24-6-5-23-20(24)16-25-7-9-26(10-8-25)17-21(29)28-13-11-27(12-14-28)19-4-2-3-18(22)15-19/h2-6,15H,7-14,16-17H2,1H3. The fourth-order valence-electron chi connectivity index (χ4n) is 4.03. The van der Waals surface area contributed by atoms with Crippen molar-refractivity contribution in [2.45, 2.75) is 6.54 Å². The third kappa shape index (κ3) is 5.10. The van der Waals surface area contributed by atoms with Gasteiger partial charge in [-0.15, -0.1) is 0 Å². The number of hydrogen-bond acceptors (Lipinski definition) is 5. The first-order valence-corrected chi connectivity index (χ1v) is 10.7. The summed E-state index contributed by atoms with van der Waals surface area (Å²) in [6.07, 6.45) is 3.83. The van der Waals surface area contributed by atoms with E-state index in [1.165, 1.54) is 0 Å². The summed E-state index contributed by atoms with van der Waals surface area (Å²) >= 11 is 6.10. The van der Waals surface area contributed by atoms with Crippen molar-refractivity contribution < 1.29 is 4.79 Å². The summed E-state index contributed by atoms with van der Waals surface area (Å²) in [5, 5.41) is 0.753. The molecule has 0 bridgehead atoms. The summed E-state index contributed by atoms with van der Waals surface area (Å²) in [5.74, 6) is 1.33. The lowest BCUT2D eigenvalue weighted by Crippen LogP contribution is -2.53. The molecule has 0 radical (unpaired) electrons. The van der Waals surface area contributed by atoms with Crippen LogP contribution in [0.1, 0.15) is 5.82 Å². The Kier molecular flexibility index (Phi) is 6.37. The lowest BCUT2D eigenvalue weighted by Gasteiger charge is -2.38. The van der Waals surface area contributed by atoms with Crippen molar-refractivity contribution >= 4 is 23.2 Å². The molecule has 0 aliphatic carbocycles. The number of aryl methyl sites for hydroxylation is 1. The van der Waals surface area contributed by atoms with Crippen LogP contribution in [0.2, 0.25) is 5.02 Å². The fraction of sp³-hybridized carbons (Fsp3) is 0.524. The van der Waals surface area contributed by atoms with Gasteiger partial charge in [-0.3, -0.25) is 14.6 Å². The van der Waals surface area contributed by atoms with Crippen LogP contribution in [-0.4, -0.2) is 89.1 Å². The van der Waals surface area contributed by atoms with Gasteiger partial charge in [0.2, 0.25) is 5.91 Å². The Balaban J connectivity index is 1.20. The van der Waals surface area contributed by atoms with E-state index in [1.807, 2.05) is 42.5 Å². The number of amides is 1. The highest BCUT2D eigenvalue weighted by molar-refractivity contribution is 6.30. The molecule has 2 aliphatic heterocycles. The zero-order chi connectivity index (χ0) is 20.2. The molecule has 29 heavy (non-hydrogen) atoms. The lowest BCUT2D eigenvalue weighted by molar-refractivity contribution is -0.133. The van der Waals surface area contributed by atoms with Gasteiger partial charge in [0.05, 0.1) is 13.1 Å². The zero-order valence-corrected chi connectivity index (χ0v) is 17.8. The van der Waals surface area contributed by atoms with Gasteiger partial charge in [-0.25, -0.2) is 4.98 Å². The second kappa shape index (κ2) is 9.15. The molecule has 156 valence electrons. The third-order valence-electron chi connectivity index (χ3n) is 5.92. The van der Waals surface area contributed by atoms with Crippen molar-refractivity contribution in [3.8, 4) is 0 Å². The van der Waals surface area contributed by atoms with Crippen molar-refractivity contribution in [3.63, 3.8) is 0 Å². The first kappa shape index (κ1) is 20.2. The van der Waals surface area contributed by atoms with Gasteiger partial charge in [0.15, 0.2) is 0 Å². The van der Waals surface area contributed by atoms with Crippen LogP contribution in [0.25, 0.3) is 0 Å². The average molecular weight is 417 g/mol. The van der Waals surface area contributed by atoms with Gasteiger partial charge < -0.3 is 14.4 Å². The molecule has 2 aliphatic rings. The molecular weight excluding hydrogens is 388 g/mol. The van der Waals surface area contributed by atoms with Crippen LogP contribution in [0.15, 0.2) is 36.7 Å². The SMILES string of the molecule is Cn1ccnc1CN1CCN(CC(=O)N2CCN(c3cccc(Cl)c3)CC2)CC1. The molecule has 0 N–H and O–H groups in total. The van der Waals surface area contributed by atoms with Crippen LogP contribution in [0.5, 0.6) is 0 Å². The quantitative estimate of drug-likeness (QED) is 0.740. The molecule has 2 aromatic rings. The van der Waals surface area contributed by atoms with Gasteiger partial charge in [0.25, 0.3) is 0 Å². The normalized spacial score (nSPS) is 19.0. The largest absolute Gasteiger partial charge is 0.368 e. The molecule has 1 aromatic heterocycles. The minimum atomic E-state index is 0.244. The minimum absolute atomic E-state index is 0.244. The van der Waals surface area contributed by atoms with E-state index in [9.17, 15) is 4.79 Å². The third-order valence-corrected chi connectivity index (χ3v) is 6.15. The van der Waals surface area contributed by atoms with E-state index in [0.717, 1.165) is 75.4 Å². The number of rotatable bonds is 5. The number of benzene rings is 1. The Morgan fingerprint density at radius 3 is 2.41 bits per heavy atom. The first-order chi connectivity index (χ1) is 14.1. The molecule has 2 fully saturated rings. The number of nitrogens with zero attached hydrogens (tertiary/aromatic N) is 6. The predicted octanol–water partition coefficient (Wildman–Crippen LogP) is 1.54. The van der Waals surface area contributed by atoms with Crippen LogP contribution >= 0.6 is 11.6 Å². The van der Waals surface area contributed by atoms with Crippen LogP contribution in [0.4, 0.5) is 5.69 Å². The van der Waals surface area contributed by atoms with E-state index in [1.54, 1.807) is 0 Å². The van der Waals surface area contributed by atoms with E-state index in [2.05, 4.69) is 30.3 Å². The van der Waals surface area contributed by atoms with E-state index in [-0.39, 0.29) is 5.91 Å². The summed E-state index contributed by atoms with van der Waals surface area (Å²) in [4.78, 5) is 26.2. The number of imidazole rings is 1. The van der Waals surface area contributed by atoms with E-state index >= 15 is 0 Å². The van der Waals surface area contributed by atoms with Crippen LogP contribution in [0.3, 0.4) is 0 Å². The van der Waals surface area contributed by atoms with E-state index < -0.39 is 0 Å². The first-order valence-electron chi connectivity index (χ1n) is 10.3. The highest BCUT2D eigenvalue weighted by Crippen LogP contribution is 2.21. The maximum Gasteiger partial charge on any atom is 0.236 e. The molecular formula is C21H29ClN6O. The van der Waals surface area contributed by atoms with Crippen LogP contribution in [-0.2, 0) is 18.4 Å². The highest BCUT2D eigenvalue weighted by atomic mass is 35.5. The summed E-state index contributed by atoms with van der Waals surface area (Å²) < 4.78 is 2.07. The molecule has 2 saturated heterocycles. The number of anilines is 1. The second-order valence-electron chi connectivity index (χ2n) is 7.85. The summed E-state index contributed by atoms with van der Waals surface area (Å²) in [5.41, 5.74) is 1.13. The number of halogens is 1. The lowest BCUT2D eigenvalue weighted by atomic mass is 10.2. The Morgan fingerprint density at radius 1 is 1.03 bits per heavy atom. The molecule has 0 saturated carbocycles. The second-order valence-corrected chi connectivity index (χ2v) is 8.29. The fourth-order valence-corrected chi connectivity index (χ4v) is 4.22. The van der Waals surface area contributed by atoms with Crippen molar-refractivity contribution in [1.82, 2.24) is 24.3 Å². The summed E-state index contributed by atoms with van der Waals surface area (Å²) in [6, 6.07) is 7.93. The van der Waals surface area contributed by atoms with Crippen molar-refractivity contribution in [1.29, 1.82) is 0 Å². The smallest absolute Gasteiger partial charge is 0.236 e. The van der Waals surface area contributed by atoms with E-state index in [4.69, 9.17) is 11.6 Å². The summed E-state index contributed by atoms with van der Waals surface area (Å²) in [6.45, 7) is 8.44. The molecule has 1 aromatic carbocycles. The molecule has 0 spiro atoms. The Bertz CT molecular complexity index is 824. The van der Waals surface area contributed by atoms with Gasteiger partial charge in [0.1, 0.15) is 5.82 Å². The molecule has 4 rings (SSSR count). The highest BCUT2D eigenvalue weighted by Gasteiger charge is 2.25. The number of carbonyl (C=O) groups excluding carboxylic acids is 1. The van der Waals surface area contributed by atoms with Gasteiger partial charge in [0, 0.05) is 82.5 Å². The topological polar surface area (TPSA) is 47.9 Å². The van der Waals surface area contributed by atoms with Crippen molar-refractivity contribution in [2.75, 3.05) is 63.8 Å². The minimum Gasteiger partial charge on any atom is -0.368 e.